The third-order valence-corrected chi connectivity index (χ3v) is 4.50. The van der Waals surface area contributed by atoms with Crippen LogP contribution < -0.4 is 5.32 Å². The van der Waals surface area contributed by atoms with Gasteiger partial charge in [0, 0.05) is 0 Å². The Bertz CT molecular complexity index is 202. The molecule has 0 unspecified atom stereocenters. The van der Waals surface area contributed by atoms with Crippen LogP contribution in [0.5, 0.6) is 0 Å². The van der Waals surface area contributed by atoms with Crippen LogP contribution in [0.15, 0.2) is 0 Å². The van der Waals surface area contributed by atoms with E-state index in [0.717, 1.165) is 13.1 Å². The lowest BCUT2D eigenvalue weighted by atomic mass is 10.0. The largest absolute Gasteiger partial charge is 0.374 e. The quantitative estimate of drug-likeness (QED) is 0.732. The molecule has 0 aromatic heterocycles. The third kappa shape index (κ3) is 1.49. The molecule has 1 aliphatic carbocycles. The SMILES string of the molecule is CC1(C)C(OC2CCNCC2)C1(C)C. The van der Waals surface area contributed by atoms with Crippen molar-refractivity contribution < 1.29 is 4.74 Å². The van der Waals surface area contributed by atoms with E-state index in [-0.39, 0.29) is 0 Å². The van der Waals surface area contributed by atoms with E-state index in [0.29, 0.717) is 23.0 Å². The third-order valence-electron chi connectivity index (χ3n) is 4.50. The zero-order valence-corrected chi connectivity index (χ0v) is 9.89. The first kappa shape index (κ1) is 10.4. The molecule has 0 amide bonds. The number of hydrogen-bond donors (Lipinski definition) is 1. The Morgan fingerprint density at radius 3 is 1.93 bits per heavy atom. The van der Waals surface area contributed by atoms with Gasteiger partial charge in [0.05, 0.1) is 12.2 Å². The van der Waals surface area contributed by atoms with Gasteiger partial charge >= 0.3 is 0 Å². The van der Waals surface area contributed by atoms with E-state index in [4.69, 9.17) is 4.74 Å². The van der Waals surface area contributed by atoms with Crippen LogP contribution in [0.25, 0.3) is 0 Å². The van der Waals surface area contributed by atoms with Gasteiger partial charge in [-0.15, -0.1) is 0 Å². The zero-order chi connectivity index (χ0) is 10.4. The number of ether oxygens (including phenoxy) is 1. The maximum Gasteiger partial charge on any atom is 0.0692 e. The van der Waals surface area contributed by atoms with Crippen LogP contribution in [-0.4, -0.2) is 25.3 Å². The summed E-state index contributed by atoms with van der Waals surface area (Å²) in [6.07, 6.45) is 3.34. The van der Waals surface area contributed by atoms with E-state index >= 15 is 0 Å². The molecule has 0 spiro atoms. The highest BCUT2D eigenvalue weighted by Crippen LogP contribution is 2.64. The molecule has 1 saturated carbocycles. The van der Waals surface area contributed by atoms with Crippen molar-refractivity contribution in [3.63, 3.8) is 0 Å². The second kappa shape index (κ2) is 3.21. The van der Waals surface area contributed by atoms with Crippen molar-refractivity contribution in [1.82, 2.24) is 5.32 Å². The minimum absolute atomic E-state index is 0.373. The highest BCUT2D eigenvalue weighted by molar-refractivity contribution is 5.14. The first-order valence-electron chi connectivity index (χ1n) is 5.82. The Kier molecular flexibility index (Phi) is 2.39. The van der Waals surface area contributed by atoms with Crippen molar-refractivity contribution in [3.8, 4) is 0 Å². The molecule has 0 bridgehead atoms. The Morgan fingerprint density at radius 1 is 1.00 bits per heavy atom. The van der Waals surface area contributed by atoms with Gasteiger partial charge in [0.2, 0.25) is 0 Å². The Labute approximate surface area is 87.4 Å². The highest BCUT2D eigenvalue weighted by Gasteiger charge is 2.66. The fourth-order valence-electron chi connectivity index (χ4n) is 2.60. The summed E-state index contributed by atoms with van der Waals surface area (Å²) >= 11 is 0. The van der Waals surface area contributed by atoms with Crippen molar-refractivity contribution in [1.29, 1.82) is 0 Å². The molecular weight excluding hydrogens is 174 g/mol. The van der Waals surface area contributed by atoms with Gasteiger partial charge in [0.1, 0.15) is 0 Å². The van der Waals surface area contributed by atoms with Crippen LogP contribution in [0.3, 0.4) is 0 Å². The molecule has 82 valence electrons. The molecule has 0 radical (unpaired) electrons. The second-order valence-corrected chi connectivity index (χ2v) is 5.91. The number of rotatable bonds is 2. The standard InChI is InChI=1S/C12H23NO/c1-11(2)10(12(11,3)4)14-9-5-7-13-8-6-9/h9-10,13H,5-8H2,1-4H3. The minimum Gasteiger partial charge on any atom is -0.374 e. The van der Waals surface area contributed by atoms with E-state index in [2.05, 4.69) is 33.0 Å². The molecule has 14 heavy (non-hydrogen) atoms. The summed E-state index contributed by atoms with van der Waals surface area (Å²) in [4.78, 5) is 0. The summed E-state index contributed by atoms with van der Waals surface area (Å²) in [7, 11) is 0. The van der Waals surface area contributed by atoms with Gasteiger partial charge in [-0.2, -0.15) is 0 Å². The summed E-state index contributed by atoms with van der Waals surface area (Å²) in [5, 5.41) is 3.37. The molecule has 2 aliphatic rings. The number of piperidine rings is 1. The van der Waals surface area contributed by atoms with E-state index in [1.165, 1.54) is 12.8 Å². The predicted molar refractivity (Wildman–Crippen MR) is 58.3 cm³/mol. The molecule has 1 saturated heterocycles. The average Bonchev–Trinajstić information content (AvgIpc) is 2.50. The van der Waals surface area contributed by atoms with Crippen molar-refractivity contribution in [2.24, 2.45) is 10.8 Å². The summed E-state index contributed by atoms with van der Waals surface area (Å²) < 4.78 is 6.19. The summed E-state index contributed by atoms with van der Waals surface area (Å²) in [6, 6.07) is 0. The van der Waals surface area contributed by atoms with Gasteiger partial charge < -0.3 is 10.1 Å². The van der Waals surface area contributed by atoms with E-state index < -0.39 is 0 Å². The van der Waals surface area contributed by atoms with Crippen LogP contribution in [0.4, 0.5) is 0 Å². The topological polar surface area (TPSA) is 21.3 Å². The minimum atomic E-state index is 0.373. The summed E-state index contributed by atoms with van der Waals surface area (Å²) in [5.74, 6) is 0. The van der Waals surface area contributed by atoms with E-state index in [1.54, 1.807) is 0 Å². The molecule has 1 heterocycles. The maximum atomic E-state index is 6.19. The zero-order valence-electron chi connectivity index (χ0n) is 9.89. The van der Waals surface area contributed by atoms with E-state index in [9.17, 15) is 0 Å². The maximum absolute atomic E-state index is 6.19. The van der Waals surface area contributed by atoms with Gasteiger partial charge in [-0.3, -0.25) is 0 Å². The normalized spacial score (nSPS) is 31.7. The molecule has 2 heteroatoms. The van der Waals surface area contributed by atoms with Crippen molar-refractivity contribution in [2.75, 3.05) is 13.1 Å². The lowest BCUT2D eigenvalue weighted by molar-refractivity contribution is -0.00279. The van der Waals surface area contributed by atoms with E-state index in [1.807, 2.05) is 0 Å². The fourth-order valence-corrected chi connectivity index (χ4v) is 2.60. The van der Waals surface area contributed by atoms with Gasteiger partial charge in [0.25, 0.3) is 0 Å². The summed E-state index contributed by atoms with van der Waals surface area (Å²) in [6.45, 7) is 11.5. The lowest BCUT2D eigenvalue weighted by Crippen LogP contribution is -2.33. The van der Waals surface area contributed by atoms with Crippen molar-refractivity contribution in [2.45, 2.75) is 52.7 Å². The highest BCUT2D eigenvalue weighted by atomic mass is 16.5. The predicted octanol–water partition coefficient (Wildman–Crippen LogP) is 2.19. The molecule has 0 atom stereocenters. The monoisotopic (exact) mass is 197 g/mol. The molecule has 1 aliphatic heterocycles. The molecule has 0 aromatic carbocycles. The van der Waals surface area contributed by atoms with Crippen LogP contribution in [0.2, 0.25) is 0 Å². The lowest BCUT2D eigenvalue weighted by Gasteiger charge is -2.24. The average molecular weight is 197 g/mol. The first-order chi connectivity index (χ1) is 6.46. The van der Waals surface area contributed by atoms with Crippen molar-refractivity contribution >= 4 is 0 Å². The van der Waals surface area contributed by atoms with Crippen LogP contribution in [0, 0.1) is 10.8 Å². The Hall–Kier alpha value is -0.0800. The summed E-state index contributed by atoms with van der Waals surface area (Å²) in [5.41, 5.74) is 0.746. The molecule has 2 fully saturated rings. The van der Waals surface area contributed by atoms with Gasteiger partial charge in [0.15, 0.2) is 0 Å². The number of hydrogen-bond acceptors (Lipinski definition) is 2. The van der Waals surface area contributed by atoms with Gasteiger partial charge in [-0.05, 0) is 36.8 Å². The second-order valence-electron chi connectivity index (χ2n) is 5.91. The van der Waals surface area contributed by atoms with Crippen LogP contribution in [0.1, 0.15) is 40.5 Å². The molecular formula is C12H23NO. The van der Waals surface area contributed by atoms with Gasteiger partial charge in [-0.25, -0.2) is 0 Å². The smallest absolute Gasteiger partial charge is 0.0692 e. The molecule has 1 N–H and O–H groups in total. The molecule has 2 nitrogen and oxygen atoms in total. The van der Waals surface area contributed by atoms with Crippen LogP contribution >= 0.6 is 0 Å². The van der Waals surface area contributed by atoms with Crippen molar-refractivity contribution in [3.05, 3.63) is 0 Å². The Morgan fingerprint density at radius 2 is 1.50 bits per heavy atom. The number of nitrogens with one attached hydrogen (secondary N) is 1. The van der Waals surface area contributed by atoms with Gasteiger partial charge in [-0.1, -0.05) is 27.7 Å². The Balaban J connectivity index is 1.87. The first-order valence-corrected chi connectivity index (χ1v) is 5.82. The van der Waals surface area contributed by atoms with Crippen LogP contribution in [-0.2, 0) is 4.74 Å². The molecule has 0 aromatic rings. The molecule has 2 rings (SSSR count). The fraction of sp³-hybridized carbons (Fsp3) is 1.00.